The van der Waals surface area contributed by atoms with Crippen molar-refractivity contribution >= 4 is 21.6 Å². The summed E-state index contributed by atoms with van der Waals surface area (Å²) >= 11 is 5.86. The molecule has 1 saturated heterocycles. The van der Waals surface area contributed by atoms with Gasteiger partial charge in [-0.3, -0.25) is 4.90 Å². The molecule has 0 radical (unpaired) electrons. The highest BCUT2D eigenvalue weighted by Gasteiger charge is 2.29. The van der Waals surface area contributed by atoms with Crippen molar-refractivity contribution in [1.29, 1.82) is 0 Å². The number of sulfonamides is 1. The van der Waals surface area contributed by atoms with Crippen molar-refractivity contribution in [2.75, 3.05) is 19.6 Å². The zero-order valence-electron chi connectivity index (χ0n) is 12.6. The standard InChI is InChI=1S/C15H23ClN2O2S/c1-15(2,18-9-4-3-5-10-18)12-17-21(19,20)14-8-6-7-13(16)11-14/h6-8,11,17H,3-5,9-10,12H2,1-2H3. The van der Waals surface area contributed by atoms with Crippen LogP contribution < -0.4 is 4.72 Å². The van der Waals surface area contributed by atoms with Gasteiger partial charge in [-0.1, -0.05) is 24.1 Å². The zero-order valence-corrected chi connectivity index (χ0v) is 14.2. The molecule has 6 heteroatoms. The Kier molecular flexibility index (Phi) is 5.30. The van der Waals surface area contributed by atoms with E-state index in [9.17, 15) is 8.42 Å². The number of piperidine rings is 1. The number of nitrogens with zero attached hydrogens (tertiary/aromatic N) is 1. The molecule has 1 aromatic carbocycles. The van der Waals surface area contributed by atoms with Crippen LogP contribution in [-0.4, -0.2) is 38.5 Å². The van der Waals surface area contributed by atoms with Gasteiger partial charge in [-0.2, -0.15) is 0 Å². The van der Waals surface area contributed by atoms with Crippen LogP contribution in [0.4, 0.5) is 0 Å². The second-order valence-corrected chi connectivity index (χ2v) is 8.35. The summed E-state index contributed by atoms with van der Waals surface area (Å²) in [6.07, 6.45) is 3.63. The van der Waals surface area contributed by atoms with E-state index < -0.39 is 10.0 Å². The lowest BCUT2D eigenvalue weighted by atomic mass is 9.99. The molecule has 0 spiro atoms. The van der Waals surface area contributed by atoms with E-state index in [4.69, 9.17) is 11.6 Å². The normalized spacial score (nSPS) is 17.9. The molecule has 21 heavy (non-hydrogen) atoms. The minimum Gasteiger partial charge on any atom is -0.297 e. The highest BCUT2D eigenvalue weighted by molar-refractivity contribution is 7.89. The molecular weight excluding hydrogens is 308 g/mol. The Morgan fingerprint density at radius 1 is 1.24 bits per heavy atom. The molecule has 0 aliphatic carbocycles. The Morgan fingerprint density at radius 2 is 1.90 bits per heavy atom. The zero-order chi connectivity index (χ0) is 15.5. The molecule has 1 heterocycles. The molecule has 1 N–H and O–H groups in total. The van der Waals surface area contributed by atoms with Gasteiger partial charge in [0.2, 0.25) is 10.0 Å². The van der Waals surface area contributed by atoms with E-state index in [1.807, 2.05) is 0 Å². The number of halogens is 1. The van der Waals surface area contributed by atoms with Crippen LogP contribution in [-0.2, 0) is 10.0 Å². The highest BCUT2D eigenvalue weighted by atomic mass is 35.5. The third-order valence-corrected chi connectivity index (χ3v) is 5.65. The molecule has 0 bridgehead atoms. The monoisotopic (exact) mass is 330 g/mol. The molecular formula is C15H23ClN2O2S. The first-order chi connectivity index (χ1) is 9.81. The summed E-state index contributed by atoms with van der Waals surface area (Å²) in [5.74, 6) is 0. The molecule has 118 valence electrons. The fourth-order valence-corrected chi connectivity index (χ4v) is 4.10. The Hall–Kier alpha value is -0.620. The quantitative estimate of drug-likeness (QED) is 0.903. The molecule has 1 aliphatic rings. The fraction of sp³-hybridized carbons (Fsp3) is 0.600. The number of hydrogen-bond donors (Lipinski definition) is 1. The molecule has 1 aliphatic heterocycles. The first-order valence-electron chi connectivity index (χ1n) is 7.32. The maximum Gasteiger partial charge on any atom is 0.240 e. The van der Waals surface area contributed by atoms with Crippen LogP contribution in [0, 0.1) is 0 Å². The number of nitrogens with one attached hydrogen (secondary N) is 1. The Bertz CT molecular complexity index is 581. The largest absolute Gasteiger partial charge is 0.297 e. The van der Waals surface area contributed by atoms with E-state index in [-0.39, 0.29) is 10.4 Å². The van der Waals surface area contributed by atoms with Gasteiger partial charge in [-0.15, -0.1) is 0 Å². The minimum absolute atomic E-state index is 0.188. The van der Waals surface area contributed by atoms with Gasteiger partial charge in [0.25, 0.3) is 0 Å². The maximum absolute atomic E-state index is 12.3. The van der Waals surface area contributed by atoms with Gasteiger partial charge in [0.05, 0.1) is 4.90 Å². The van der Waals surface area contributed by atoms with E-state index in [1.54, 1.807) is 18.2 Å². The second-order valence-electron chi connectivity index (χ2n) is 6.14. The third kappa shape index (κ3) is 4.42. The van der Waals surface area contributed by atoms with Gasteiger partial charge in [-0.05, 0) is 58.0 Å². The topological polar surface area (TPSA) is 49.4 Å². The maximum atomic E-state index is 12.3. The van der Waals surface area contributed by atoms with Crippen LogP contribution in [0.1, 0.15) is 33.1 Å². The van der Waals surface area contributed by atoms with E-state index >= 15 is 0 Å². The summed E-state index contributed by atoms with van der Waals surface area (Å²) < 4.78 is 27.4. The van der Waals surface area contributed by atoms with Crippen LogP contribution >= 0.6 is 11.6 Å². The third-order valence-electron chi connectivity index (χ3n) is 4.01. The first-order valence-corrected chi connectivity index (χ1v) is 9.18. The summed E-state index contributed by atoms with van der Waals surface area (Å²) in [7, 11) is -3.52. The van der Waals surface area contributed by atoms with Gasteiger partial charge in [0, 0.05) is 17.1 Å². The van der Waals surface area contributed by atoms with Crippen molar-refractivity contribution in [2.24, 2.45) is 0 Å². The average Bonchev–Trinajstić information content (AvgIpc) is 2.46. The van der Waals surface area contributed by atoms with Crippen LogP contribution in [0.3, 0.4) is 0 Å². The molecule has 0 unspecified atom stereocenters. The fourth-order valence-electron chi connectivity index (χ4n) is 2.60. The van der Waals surface area contributed by atoms with Crippen molar-refractivity contribution in [2.45, 2.75) is 43.5 Å². The highest BCUT2D eigenvalue weighted by Crippen LogP contribution is 2.21. The van der Waals surface area contributed by atoms with E-state index in [2.05, 4.69) is 23.5 Å². The summed E-state index contributed by atoms with van der Waals surface area (Å²) in [6, 6.07) is 6.34. The predicted octanol–water partition coefficient (Wildman–Crippen LogP) is 2.88. The van der Waals surface area contributed by atoms with E-state index in [1.165, 1.54) is 25.3 Å². The minimum atomic E-state index is -3.52. The Morgan fingerprint density at radius 3 is 2.52 bits per heavy atom. The van der Waals surface area contributed by atoms with Crippen LogP contribution in [0.25, 0.3) is 0 Å². The van der Waals surface area contributed by atoms with Crippen molar-refractivity contribution < 1.29 is 8.42 Å². The second kappa shape index (κ2) is 6.65. The number of benzene rings is 1. The van der Waals surface area contributed by atoms with Gasteiger partial charge in [0.15, 0.2) is 0 Å². The van der Waals surface area contributed by atoms with Gasteiger partial charge in [0.1, 0.15) is 0 Å². The lowest BCUT2D eigenvalue weighted by molar-refractivity contribution is 0.0990. The van der Waals surface area contributed by atoms with Crippen LogP contribution in [0.15, 0.2) is 29.2 Å². The van der Waals surface area contributed by atoms with Crippen molar-refractivity contribution in [3.05, 3.63) is 29.3 Å². The lowest BCUT2D eigenvalue weighted by Gasteiger charge is -2.41. The average molecular weight is 331 g/mol. The van der Waals surface area contributed by atoms with Crippen molar-refractivity contribution in [1.82, 2.24) is 9.62 Å². The molecule has 0 aromatic heterocycles. The summed E-state index contributed by atoms with van der Waals surface area (Å²) in [6.45, 7) is 6.62. The molecule has 2 rings (SSSR count). The first kappa shape index (κ1) is 16.7. The molecule has 1 aromatic rings. The molecule has 0 saturated carbocycles. The SMILES string of the molecule is CC(C)(CNS(=O)(=O)c1cccc(Cl)c1)N1CCCCC1. The summed E-state index contributed by atoms with van der Waals surface area (Å²) in [5, 5.41) is 0.424. The predicted molar refractivity (Wildman–Crippen MR) is 86.1 cm³/mol. The Labute approximate surface area is 132 Å². The lowest BCUT2D eigenvalue weighted by Crippen LogP contribution is -2.53. The van der Waals surface area contributed by atoms with E-state index in [0.717, 1.165) is 13.1 Å². The smallest absolute Gasteiger partial charge is 0.240 e. The number of likely N-dealkylation sites (tertiary alicyclic amines) is 1. The van der Waals surface area contributed by atoms with Crippen LogP contribution in [0.5, 0.6) is 0 Å². The summed E-state index contributed by atoms with van der Waals surface area (Å²) in [5.41, 5.74) is -0.188. The molecule has 4 nitrogen and oxygen atoms in total. The molecule has 1 fully saturated rings. The van der Waals surface area contributed by atoms with Crippen molar-refractivity contribution in [3.63, 3.8) is 0 Å². The number of rotatable bonds is 5. The summed E-state index contributed by atoms with van der Waals surface area (Å²) in [4.78, 5) is 2.57. The van der Waals surface area contributed by atoms with Gasteiger partial charge >= 0.3 is 0 Å². The Balaban J connectivity index is 2.03. The van der Waals surface area contributed by atoms with Crippen LogP contribution in [0.2, 0.25) is 5.02 Å². The molecule has 0 atom stereocenters. The van der Waals surface area contributed by atoms with E-state index in [0.29, 0.717) is 11.6 Å². The van der Waals surface area contributed by atoms with Gasteiger partial charge in [-0.25, -0.2) is 13.1 Å². The molecule has 0 amide bonds. The van der Waals surface area contributed by atoms with Crippen molar-refractivity contribution in [3.8, 4) is 0 Å². The van der Waals surface area contributed by atoms with Gasteiger partial charge < -0.3 is 0 Å². The number of hydrogen-bond acceptors (Lipinski definition) is 3.